The molecule has 0 aliphatic carbocycles. The van der Waals surface area contributed by atoms with Gasteiger partial charge in [0.1, 0.15) is 18.8 Å². The van der Waals surface area contributed by atoms with Gasteiger partial charge in [0.05, 0.1) is 6.61 Å². The summed E-state index contributed by atoms with van der Waals surface area (Å²) in [6, 6.07) is 0. The van der Waals surface area contributed by atoms with Crippen molar-refractivity contribution >= 4 is 23.9 Å². The van der Waals surface area contributed by atoms with Crippen molar-refractivity contribution in [2.45, 2.75) is 314 Å². The summed E-state index contributed by atoms with van der Waals surface area (Å²) in [6.45, 7) is 5.85. The van der Waals surface area contributed by atoms with Crippen LogP contribution in [0.1, 0.15) is 278 Å². The largest absolute Gasteiger partial charge is 0.479 e. The maximum atomic E-state index is 13.2. The zero-order chi connectivity index (χ0) is 58.9. The normalized spacial score (nSPS) is 18.3. The van der Waals surface area contributed by atoms with Crippen LogP contribution in [0.4, 0.5) is 0 Å². The Morgan fingerprint density at radius 1 is 0.420 bits per heavy atom. The number of rotatable bonds is 55. The number of carboxylic acids is 1. The number of aliphatic carboxylic acids is 1. The fourth-order valence-corrected chi connectivity index (χ4v) is 9.44. The molecule has 0 aromatic carbocycles. The third-order valence-electron chi connectivity index (χ3n) is 14.4. The van der Waals surface area contributed by atoms with Crippen LogP contribution in [0.5, 0.6) is 0 Å². The summed E-state index contributed by atoms with van der Waals surface area (Å²) in [5.74, 6) is -3.16. The first kappa shape index (κ1) is 74.9. The van der Waals surface area contributed by atoms with Gasteiger partial charge in [0, 0.05) is 19.3 Å². The Morgan fingerprint density at radius 2 is 0.778 bits per heavy atom. The molecule has 1 aliphatic rings. The van der Waals surface area contributed by atoms with Crippen LogP contribution in [0.2, 0.25) is 0 Å². The van der Waals surface area contributed by atoms with Crippen LogP contribution in [0, 0.1) is 0 Å². The first-order chi connectivity index (χ1) is 39.6. The highest BCUT2D eigenvalue weighted by Crippen LogP contribution is 2.27. The van der Waals surface area contributed by atoms with Crippen molar-refractivity contribution in [3.05, 3.63) is 85.1 Å². The van der Waals surface area contributed by atoms with Crippen LogP contribution in [-0.2, 0) is 42.9 Å². The Bertz CT molecular complexity index is 1730. The maximum absolute atomic E-state index is 13.2. The van der Waals surface area contributed by atoms with E-state index in [9.17, 15) is 34.5 Å². The third-order valence-corrected chi connectivity index (χ3v) is 14.4. The summed E-state index contributed by atoms with van der Waals surface area (Å²) in [5.41, 5.74) is 0. The number of carboxylic acid groups (broad SMARTS) is 1. The fraction of sp³-hybridized carbons (Fsp3) is 0.739. The Balaban J connectivity index is 2.69. The molecule has 1 rings (SSSR count). The molecule has 0 amide bonds. The van der Waals surface area contributed by atoms with Crippen LogP contribution < -0.4 is 0 Å². The van der Waals surface area contributed by atoms with Gasteiger partial charge in [-0.25, -0.2) is 4.79 Å². The number of aliphatic hydroxyl groups is 2. The van der Waals surface area contributed by atoms with E-state index in [4.69, 9.17) is 23.7 Å². The number of hydrogen-bond acceptors (Lipinski definition) is 11. The molecule has 1 fully saturated rings. The number of aliphatic hydroxyl groups excluding tert-OH is 2. The fourth-order valence-electron chi connectivity index (χ4n) is 9.44. The van der Waals surface area contributed by atoms with Crippen molar-refractivity contribution in [2.75, 3.05) is 13.2 Å². The van der Waals surface area contributed by atoms with Gasteiger partial charge in [-0.05, 0) is 116 Å². The molecule has 6 atom stereocenters. The van der Waals surface area contributed by atoms with Crippen LogP contribution in [0.25, 0.3) is 0 Å². The lowest BCUT2D eigenvalue weighted by atomic mass is 9.98. The van der Waals surface area contributed by atoms with E-state index in [0.29, 0.717) is 19.3 Å². The van der Waals surface area contributed by atoms with Crippen molar-refractivity contribution in [2.24, 2.45) is 0 Å². The highest BCUT2D eigenvalue weighted by molar-refractivity contribution is 5.74. The lowest BCUT2D eigenvalue weighted by Crippen LogP contribution is -2.61. The van der Waals surface area contributed by atoms with Gasteiger partial charge in [0.2, 0.25) is 0 Å². The average molecular weight is 1140 g/mol. The SMILES string of the molecule is CC/C=C\C/C=C\C/C=C\C/C=C\CCCCCCC(=O)OCC(COC1OC(C(=O)O)C(O)C(O)C1OC(=O)CCCCCCCCC/C=C\CCCCCCCC)OC(=O)CCCCCCCCC/C=C\C/C=C\CCCCC. The summed E-state index contributed by atoms with van der Waals surface area (Å²) in [4.78, 5) is 51.3. The van der Waals surface area contributed by atoms with E-state index < -0.39 is 67.3 Å². The molecule has 1 saturated heterocycles. The number of carbonyl (C=O) groups excluding carboxylic acids is 3. The number of esters is 3. The molecule has 0 saturated carbocycles. The summed E-state index contributed by atoms with van der Waals surface area (Å²) >= 11 is 0. The predicted octanol–water partition coefficient (Wildman–Crippen LogP) is 17.5. The monoisotopic (exact) mass is 1140 g/mol. The molecule has 81 heavy (non-hydrogen) atoms. The molecule has 1 aliphatic heterocycles. The number of carbonyl (C=O) groups is 4. The number of allylic oxidation sites excluding steroid dienone is 14. The molecule has 0 spiro atoms. The van der Waals surface area contributed by atoms with E-state index in [0.717, 1.165) is 135 Å². The van der Waals surface area contributed by atoms with Crippen LogP contribution in [-0.4, -0.2) is 89.2 Å². The Morgan fingerprint density at radius 3 is 1.22 bits per heavy atom. The van der Waals surface area contributed by atoms with E-state index in [1.54, 1.807) is 0 Å². The molecule has 0 radical (unpaired) electrons. The van der Waals surface area contributed by atoms with E-state index in [1.165, 1.54) is 83.5 Å². The Hall–Kier alpha value is -4.10. The summed E-state index contributed by atoms with van der Waals surface area (Å²) in [7, 11) is 0. The first-order valence-corrected chi connectivity index (χ1v) is 32.6. The lowest BCUT2D eigenvalue weighted by Gasteiger charge is -2.40. The van der Waals surface area contributed by atoms with Crippen molar-refractivity contribution in [3.8, 4) is 0 Å². The number of ether oxygens (including phenoxy) is 5. The van der Waals surface area contributed by atoms with Crippen LogP contribution >= 0.6 is 0 Å². The molecule has 6 unspecified atom stereocenters. The standard InChI is InChI=1S/C69H116O12/c1-4-7-10-13-16-19-22-25-28-31-34-37-40-43-46-49-52-55-61(70)77-58-60(79-62(71)56-53-50-47-44-41-38-35-32-29-26-23-20-17-14-11-8-5-2)59-78-69-67(65(74)64(73)66(81-69)68(75)76)80-63(72)57-54-51-48-45-42-39-36-33-30-27-24-21-18-15-12-9-6-3/h7,10,16-17,19-20,25-30,34,37,60,64-67,69,73-74H,4-6,8-9,11-15,18,21-24,31-33,35-36,38-59H2,1-3H3,(H,75,76)/b10-7-,19-16-,20-17-,28-25-,29-26-,30-27-,37-34-. The van der Waals surface area contributed by atoms with Crippen molar-refractivity contribution in [1.29, 1.82) is 0 Å². The minimum atomic E-state index is -1.91. The number of unbranched alkanes of at least 4 members (excludes halogenated alkanes) is 27. The lowest BCUT2D eigenvalue weighted by molar-refractivity contribution is -0.301. The average Bonchev–Trinajstić information content (AvgIpc) is 3.53. The molecule has 0 aromatic rings. The highest BCUT2D eigenvalue weighted by atomic mass is 16.7. The Kier molecular flexibility index (Phi) is 52.1. The third kappa shape index (κ3) is 46.0. The van der Waals surface area contributed by atoms with E-state index in [-0.39, 0.29) is 25.9 Å². The summed E-state index contributed by atoms with van der Waals surface area (Å²) in [5, 5.41) is 31.6. The van der Waals surface area contributed by atoms with Gasteiger partial charge >= 0.3 is 23.9 Å². The van der Waals surface area contributed by atoms with Gasteiger partial charge in [-0.2, -0.15) is 0 Å². The number of hydrogen-bond donors (Lipinski definition) is 3. The molecule has 12 nitrogen and oxygen atoms in total. The van der Waals surface area contributed by atoms with Crippen molar-refractivity contribution in [1.82, 2.24) is 0 Å². The molecule has 1 heterocycles. The molecular formula is C69H116O12. The zero-order valence-electron chi connectivity index (χ0n) is 51.3. The predicted molar refractivity (Wildman–Crippen MR) is 331 cm³/mol. The van der Waals surface area contributed by atoms with Crippen molar-refractivity contribution < 1.29 is 58.2 Å². The minimum absolute atomic E-state index is 0.0500. The molecule has 3 N–H and O–H groups in total. The van der Waals surface area contributed by atoms with Gasteiger partial charge in [0.15, 0.2) is 24.6 Å². The molecule has 0 bridgehead atoms. The highest BCUT2D eigenvalue weighted by Gasteiger charge is 2.50. The second kappa shape index (κ2) is 56.4. The summed E-state index contributed by atoms with van der Waals surface area (Å²) < 4.78 is 28.5. The maximum Gasteiger partial charge on any atom is 0.335 e. The van der Waals surface area contributed by atoms with Gasteiger partial charge < -0.3 is 39.0 Å². The quantitative estimate of drug-likeness (QED) is 0.0228. The molecule has 464 valence electrons. The Labute approximate surface area is 492 Å². The van der Waals surface area contributed by atoms with Crippen LogP contribution in [0.3, 0.4) is 0 Å². The van der Waals surface area contributed by atoms with E-state index >= 15 is 0 Å². The molecule has 12 heteroatoms. The zero-order valence-corrected chi connectivity index (χ0v) is 51.3. The topological polar surface area (TPSA) is 175 Å². The van der Waals surface area contributed by atoms with Crippen molar-refractivity contribution in [3.63, 3.8) is 0 Å². The first-order valence-electron chi connectivity index (χ1n) is 32.6. The second-order valence-electron chi connectivity index (χ2n) is 22.0. The summed E-state index contributed by atoms with van der Waals surface area (Å²) in [6.07, 6.45) is 61.0. The van der Waals surface area contributed by atoms with Gasteiger partial charge in [-0.15, -0.1) is 0 Å². The molecule has 0 aromatic heterocycles. The molecular weight excluding hydrogens is 1020 g/mol. The van der Waals surface area contributed by atoms with E-state index in [2.05, 4.69) is 106 Å². The van der Waals surface area contributed by atoms with Gasteiger partial charge in [-0.3, -0.25) is 14.4 Å². The minimum Gasteiger partial charge on any atom is -0.479 e. The second-order valence-corrected chi connectivity index (χ2v) is 22.0. The van der Waals surface area contributed by atoms with Crippen LogP contribution in [0.15, 0.2) is 85.1 Å². The van der Waals surface area contributed by atoms with E-state index in [1.807, 2.05) is 0 Å². The van der Waals surface area contributed by atoms with Gasteiger partial charge in [-0.1, -0.05) is 228 Å². The van der Waals surface area contributed by atoms with Gasteiger partial charge in [0.25, 0.3) is 0 Å². The smallest absolute Gasteiger partial charge is 0.335 e.